The third-order valence-electron chi connectivity index (χ3n) is 5.35. The van der Waals surface area contributed by atoms with E-state index in [1.807, 2.05) is 6.07 Å². The highest BCUT2D eigenvalue weighted by molar-refractivity contribution is 14.0. The van der Waals surface area contributed by atoms with Crippen molar-refractivity contribution in [3.05, 3.63) is 54.1 Å². The zero-order valence-electron chi connectivity index (χ0n) is 19.2. The van der Waals surface area contributed by atoms with E-state index < -0.39 is 0 Å². The van der Waals surface area contributed by atoms with Crippen molar-refractivity contribution in [2.45, 2.75) is 19.9 Å². The summed E-state index contributed by atoms with van der Waals surface area (Å²) in [6.07, 6.45) is 7.13. The molecule has 1 saturated heterocycles. The summed E-state index contributed by atoms with van der Waals surface area (Å²) in [5.74, 6) is 1.97. The monoisotopic (exact) mass is 553 g/mol. The van der Waals surface area contributed by atoms with Gasteiger partial charge in [-0.3, -0.25) is 9.89 Å². The van der Waals surface area contributed by atoms with E-state index >= 15 is 0 Å². The van der Waals surface area contributed by atoms with Crippen molar-refractivity contribution in [3.63, 3.8) is 0 Å². The number of piperazine rings is 1. The number of aliphatic imine (C=N–C) groups is 1. The average molecular weight is 553 g/mol. The number of aryl methyl sites for hydroxylation is 1. The molecule has 32 heavy (non-hydrogen) atoms. The van der Waals surface area contributed by atoms with Gasteiger partial charge in [-0.1, -0.05) is 49.4 Å². The normalized spacial score (nSPS) is 15.2. The van der Waals surface area contributed by atoms with Crippen LogP contribution in [-0.4, -0.2) is 90.1 Å². The van der Waals surface area contributed by atoms with Gasteiger partial charge in [0.05, 0.1) is 13.2 Å². The summed E-state index contributed by atoms with van der Waals surface area (Å²) in [5, 5.41) is 11.7. The first kappa shape index (κ1) is 26.3. The molecule has 9 heteroatoms. The van der Waals surface area contributed by atoms with Gasteiger partial charge >= 0.3 is 0 Å². The van der Waals surface area contributed by atoms with Crippen LogP contribution in [0, 0.1) is 0 Å². The molecule has 1 aromatic heterocycles. The van der Waals surface area contributed by atoms with Gasteiger partial charge in [-0.25, -0.2) is 0 Å². The van der Waals surface area contributed by atoms with E-state index in [4.69, 9.17) is 9.73 Å². The molecule has 3 rings (SSSR count). The average Bonchev–Trinajstić information content (AvgIpc) is 3.27. The molecule has 0 atom stereocenters. The fraction of sp³-hybridized carbons (Fsp3) is 0.522. The Morgan fingerprint density at radius 2 is 1.97 bits per heavy atom. The van der Waals surface area contributed by atoms with Gasteiger partial charge in [0, 0.05) is 59.3 Å². The van der Waals surface area contributed by atoms with Crippen LogP contribution in [-0.2, 0) is 17.7 Å². The van der Waals surface area contributed by atoms with Gasteiger partial charge in [-0.05, 0) is 5.56 Å². The summed E-state index contributed by atoms with van der Waals surface area (Å²) < 4.78 is 7.28. The molecule has 0 bridgehead atoms. The first-order valence-corrected chi connectivity index (χ1v) is 11.1. The Hall–Kier alpha value is -1.98. The largest absolute Gasteiger partial charge is 0.383 e. The fourth-order valence-corrected chi connectivity index (χ4v) is 3.58. The summed E-state index contributed by atoms with van der Waals surface area (Å²) in [7, 11) is 1.71. The lowest BCUT2D eigenvalue weighted by Gasteiger charge is -2.36. The molecule has 0 amide bonds. The molecule has 176 valence electrons. The molecule has 8 nitrogen and oxygen atoms in total. The summed E-state index contributed by atoms with van der Waals surface area (Å²) in [4.78, 5) is 9.59. The topological polar surface area (TPSA) is 70.8 Å². The number of methoxy groups -OCH3 is 1. The van der Waals surface area contributed by atoms with Crippen molar-refractivity contribution in [2.24, 2.45) is 4.99 Å². The molecule has 1 aromatic carbocycles. The standard InChI is InChI=1S/C23H35N7O.HI/c1-3-22-27-26-20-30(22)14-11-24-23(25-12-19-31-2)29-17-15-28(16-18-29)13-7-10-21-8-5-4-6-9-21;/h4-10,20H,3,11-19H2,1-2H3,(H,24,25);1H/b10-7+;. The number of ether oxygens (including phenoxy) is 1. The summed E-state index contributed by atoms with van der Waals surface area (Å²) in [6.45, 7) is 9.94. The van der Waals surface area contributed by atoms with Crippen molar-refractivity contribution < 1.29 is 4.74 Å². The Labute approximate surface area is 208 Å². The molecule has 2 heterocycles. The SMILES string of the molecule is CCc1nncn1CCNC(=NCCOC)N1CCN(C/C=C/c2ccccc2)CC1.I. The lowest BCUT2D eigenvalue weighted by atomic mass is 10.2. The predicted molar refractivity (Wildman–Crippen MR) is 140 cm³/mol. The van der Waals surface area contributed by atoms with Gasteiger partial charge in [0.1, 0.15) is 12.2 Å². The Morgan fingerprint density at radius 1 is 1.19 bits per heavy atom. The highest BCUT2D eigenvalue weighted by Crippen LogP contribution is 2.05. The van der Waals surface area contributed by atoms with Crippen LogP contribution in [0.4, 0.5) is 0 Å². The van der Waals surface area contributed by atoms with Gasteiger partial charge in [0.2, 0.25) is 0 Å². The van der Waals surface area contributed by atoms with E-state index in [2.05, 4.69) is 73.2 Å². The van der Waals surface area contributed by atoms with Crippen LogP contribution < -0.4 is 5.32 Å². The van der Waals surface area contributed by atoms with Crippen molar-refractivity contribution in [1.82, 2.24) is 29.9 Å². The van der Waals surface area contributed by atoms with Crippen LogP contribution >= 0.6 is 24.0 Å². The van der Waals surface area contributed by atoms with Crippen molar-refractivity contribution in [1.29, 1.82) is 0 Å². The van der Waals surface area contributed by atoms with E-state index in [0.717, 1.165) is 64.0 Å². The molecule has 1 fully saturated rings. The van der Waals surface area contributed by atoms with Crippen LogP contribution in [0.25, 0.3) is 6.08 Å². The zero-order valence-corrected chi connectivity index (χ0v) is 21.5. The van der Waals surface area contributed by atoms with E-state index in [-0.39, 0.29) is 24.0 Å². The van der Waals surface area contributed by atoms with E-state index in [9.17, 15) is 0 Å². The van der Waals surface area contributed by atoms with Gasteiger partial charge in [-0.2, -0.15) is 0 Å². The van der Waals surface area contributed by atoms with Gasteiger partial charge < -0.3 is 19.5 Å². The summed E-state index contributed by atoms with van der Waals surface area (Å²) >= 11 is 0. The number of benzene rings is 1. The molecule has 1 aliphatic rings. The number of halogens is 1. The van der Waals surface area contributed by atoms with Crippen LogP contribution in [0.5, 0.6) is 0 Å². The molecule has 0 radical (unpaired) electrons. The highest BCUT2D eigenvalue weighted by atomic mass is 127. The second-order valence-electron chi connectivity index (χ2n) is 7.52. The fourth-order valence-electron chi connectivity index (χ4n) is 3.58. The van der Waals surface area contributed by atoms with Gasteiger partial charge in [0.25, 0.3) is 0 Å². The molecule has 1 N–H and O–H groups in total. The Morgan fingerprint density at radius 3 is 2.69 bits per heavy atom. The minimum absolute atomic E-state index is 0. The van der Waals surface area contributed by atoms with E-state index in [0.29, 0.717) is 13.2 Å². The van der Waals surface area contributed by atoms with Crippen molar-refractivity contribution >= 4 is 36.0 Å². The first-order chi connectivity index (χ1) is 15.3. The number of hydrogen-bond donors (Lipinski definition) is 1. The molecule has 0 spiro atoms. The van der Waals surface area contributed by atoms with E-state index in [1.165, 1.54) is 5.56 Å². The molecular formula is C23H36IN7O. The Bertz CT molecular complexity index is 817. The third kappa shape index (κ3) is 8.51. The third-order valence-corrected chi connectivity index (χ3v) is 5.35. The lowest BCUT2D eigenvalue weighted by molar-refractivity contribution is 0.191. The van der Waals surface area contributed by atoms with Crippen molar-refractivity contribution in [2.75, 3.05) is 59.5 Å². The maximum atomic E-state index is 5.18. The number of nitrogens with zero attached hydrogens (tertiary/aromatic N) is 6. The summed E-state index contributed by atoms with van der Waals surface area (Å²) in [5.41, 5.74) is 1.25. The maximum Gasteiger partial charge on any atom is 0.194 e. The molecule has 0 unspecified atom stereocenters. The molecular weight excluding hydrogens is 517 g/mol. The molecule has 0 aliphatic carbocycles. The number of guanidine groups is 1. The number of hydrogen-bond acceptors (Lipinski definition) is 5. The zero-order chi connectivity index (χ0) is 21.7. The van der Waals surface area contributed by atoms with Gasteiger partial charge in [0.15, 0.2) is 5.96 Å². The van der Waals surface area contributed by atoms with Crippen LogP contribution in [0.15, 0.2) is 47.7 Å². The second kappa shape index (κ2) is 15.0. The first-order valence-electron chi connectivity index (χ1n) is 11.1. The quantitative estimate of drug-likeness (QED) is 0.211. The van der Waals surface area contributed by atoms with E-state index in [1.54, 1.807) is 13.4 Å². The van der Waals surface area contributed by atoms with Crippen molar-refractivity contribution in [3.8, 4) is 0 Å². The smallest absolute Gasteiger partial charge is 0.194 e. The maximum absolute atomic E-state index is 5.18. The molecule has 0 saturated carbocycles. The molecule has 1 aliphatic heterocycles. The van der Waals surface area contributed by atoms with Crippen LogP contribution in [0.1, 0.15) is 18.3 Å². The predicted octanol–water partition coefficient (Wildman–Crippen LogP) is 2.38. The number of rotatable bonds is 10. The Kier molecular flexibility index (Phi) is 12.3. The molecule has 2 aromatic rings. The Balaban J connectivity index is 0.00000363. The second-order valence-corrected chi connectivity index (χ2v) is 7.52. The highest BCUT2D eigenvalue weighted by Gasteiger charge is 2.19. The van der Waals surface area contributed by atoms with Gasteiger partial charge in [-0.15, -0.1) is 34.2 Å². The van der Waals surface area contributed by atoms with Crippen LogP contribution in [0.2, 0.25) is 0 Å². The lowest BCUT2D eigenvalue weighted by Crippen LogP contribution is -2.52. The number of nitrogens with one attached hydrogen (secondary N) is 1. The minimum Gasteiger partial charge on any atom is -0.383 e. The minimum atomic E-state index is 0. The number of aromatic nitrogens is 3. The van der Waals surface area contributed by atoms with Crippen LogP contribution in [0.3, 0.4) is 0 Å². The summed E-state index contributed by atoms with van der Waals surface area (Å²) in [6, 6.07) is 10.5.